The normalized spacial score (nSPS) is 15.7. The zero-order valence-electron chi connectivity index (χ0n) is 12.2. The predicted octanol–water partition coefficient (Wildman–Crippen LogP) is 1.63. The van der Waals surface area contributed by atoms with Gasteiger partial charge >= 0.3 is 0 Å². The zero-order chi connectivity index (χ0) is 15.9. The SMILES string of the molecule is Cn1c(=O)cc(N[C@H](CO)C2CC2)c2cc([N+](=O)[O-])ccc21. The van der Waals surface area contributed by atoms with Gasteiger partial charge in [-0.3, -0.25) is 14.9 Å². The number of benzene rings is 1. The number of fused-ring (bicyclic) bond motifs is 1. The van der Waals surface area contributed by atoms with Crippen LogP contribution in [0.2, 0.25) is 0 Å². The standard InChI is InChI=1S/C15H17N3O4/c1-17-14-5-4-10(18(21)22)6-11(14)12(7-15(17)20)16-13(8-19)9-2-3-9/h4-7,9,13,16,19H,2-3,8H2,1H3/t13-/m1/s1. The number of non-ortho nitro benzene ring substituents is 1. The van der Waals surface area contributed by atoms with E-state index in [-0.39, 0.29) is 23.9 Å². The van der Waals surface area contributed by atoms with E-state index in [2.05, 4.69) is 5.32 Å². The summed E-state index contributed by atoms with van der Waals surface area (Å²) in [6.45, 7) is -0.0315. The number of nitrogens with zero attached hydrogens (tertiary/aromatic N) is 2. The minimum absolute atomic E-state index is 0.0267. The molecule has 116 valence electrons. The molecule has 7 nitrogen and oxygen atoms in total. The Balaban J connectivity index is 2.14. The summed E-state index contributed by atoms with van der Waals surface area (Å²) in [5.74, 6) is 0.391. The van der Waals surface area contributed by atoms with E-state index in [1.807, 2.05) is 0 Å². The van der Waals surface area contributed by atoms with Crippen LogP contribution in [0.5, 0.6) is 0 Å². The van der Waals surface area contributed by atoms with E-state index in [9.17, 15) is 20.0 Å². The van der Waals surface area contributed by atoms with Gasteiger partial charge in [-0.1, -0.05) is 0 Å². The van der Waals surface area contributed by atoms with Gasteiger partial charge in [-0.15, -0.1) is 0 Å². The van der Waals surface area contributed by atoms with E-state index in [0.717, 1.165) is 12.8 Å². The highest BCUT2D eigenvalue weighted by molar-refractivity contribution is 5.93. The van der Waals surface area contributed by atoms with Crippen molar-refractivity contribution in [3.63, 3.8) is 0 Å². The molecule has 1 atom stereocenters. The highest BCUT2D eigenvalue weighted by Gasteiger charge is 2.31. The summed E-state index contributed by atoms with van der Waals surface area (Å²) in [6, 6.07) is 5.71. The monoisotopic (exact) mass is 303 g/mol. The van der Waals surface area contributed by atoms with Crippen molar-refractivity contribution >= 4 is 22.3 Å². The van der Waals surface area contributed by atoms with E-state index in [1.165, 1.54) is 22.8 Å². The third kappa shape index (κ3) is 2.55. The van der Waals surface area contributed by atoms with Crippen molar-refractivity contribution in [1.29, 1.82) is 0 Å². The fraction of sp³-hybridized carbons (Fsp3) is 0.400. The summed E-state index contributed by atoms with van der Waals surface area (Å²) in [7, 11) is 1.63. The van der Waals surface area contributed by atoms with Crippen LogP contribution in [0.3, 0.4) is 0 Å². The topological polar surface area (TPSA) is 97.4 Å². The molecule has 3 rings (SSSR count). The van der Waals surface area contributed by atoms with Crippen LogP contribution in [0.25, 0.3) is 10.9 Å². The minimum atomic E-state index is -0.460. The molecule has 0 aliphatic heterocycles. The van der Waals surface area contributed by atoms with E-state index in [0.29, 0.717) is 22.5 Å². The Morgan fingerprint density at radius 2 is 2.18 bits per heavy atom. The van der Waals surface area contributed by atoms with Gasteiger partial charge in [-0.25, -0.2) is 0 Å². The van der Waals surface area contributed by atoms with Crippen LogP contribution in [-0.2, 0) is 7.05 Å². The van der Waals surface area contributed by atoms with Gasteiger partial charge in [0.2, 0.25) is 0 Å². The Kier molecular flexibility index (Phi) is 3.58. The van der Waals surface area contributed by atoms with E-state index >= 15 is 0 Å². The number of anilines is 1. The molecule has 1 aliphatic rings. The van der Waals surface area contributed by atoms with Crippen LogP contribution in [0.15, 0.2) is 29.1 Å². The maximum Gasteiger partial charge on any atom is 0.270 e. The summed E-state index contributed by atoms with van der Waals surface area (Å²) in [5, 5.41) is 24.3. The number of aliphatic hydroxyl groups is 1. The number of nitro groups is 1. The Hall–Kier alpha value is -2.41. The van der Waals surface area contributed by atoms with Gasteiger partial charge in [0.25, 0.3) is 11.2 Å². The van der Waals surface area contributed by atoms with Crippen molar-refractivity contribution in [2.24, 2.45) is 13.0 Å². The first-order valence-corrected chi connectivity index (χ1v) is 7.17. The fourth-order valence-corrected chi connectivity index (χ4v) is 2.69. The first-order chi connectivity index (χ1) is 10.5. The highest BCUT2D eigenvalue weighted by Crippen LogP contribution is 2.35. The summed E-state index contributed by atoms with van der Waals surface area (Å²) >= 11 is 0. The van der Waals surface area contributed by atoms with E-state index < -0.39 is 4.92 Å². The number of nitrogens with one attached hydrogen (secondary N) is 1. The Labute approximate surface area is 126 Å². The van der Waals surface area contributed by atoms with Crippen LogP contribution in [0.1, 0.15) is 12.8 Å². The Bertz CT molecular complexity index is 795. The molecule has 1 aromatic heterocycles. The molecule has 1 fully saturated rings. The van der Waals surface area contributed by atoms with Crippen molar-refractivity contribution < 1.29 is 10.0 Å². The molecular formula is C15H17N3O4. The lowest BCUT2D eigenvalue weighted by Gasteiger charge is -2.19. The second kappa shape index (κ2) is 5.42. The minimum Gasteiger partial charge on any atom is -0.394 e. The molecule has 0 radical (unpaired) electrons. The average molecular weight is 303 g/mol. The highest BCUT2D eigenvalue weighted by atomic mass is 16.6. The smallest absolute Gasteiger partial charge is 0.270 e. The van der Waals surface area contributed by atoms with Crippen LogP contribution in [-0.4, -0.2) is 27.2 Å². The number of rotatable bonds is 5. The predicted molar refractivity (Wildman–Crippen MR) is 83.1 cm³/mol. The van der Waals surface area contributed by atoms with Gasteiger partial charge in [0.1, 0.15) is 0 Å². The average Bonchev–Trinajstić information content (AvgIpc) is 3.33. The summed E-state index contributed by atoms with van der Waals surface area (Å²) in [6.07, 6.45) is 2.09. The lowest BCUT2D eigenvalue weighted by Crippen LogP contribution is -2.27. The lowest BCUT2D eigenvalue weighted by molar-refractivity contribution is -0.384. The molecule has 0 unspecified atom stereocenters. The summed E-state index contributed by atoms with van der Waals surface area (Å²) in [5.41, 5.74) is 0.929. The first-order valence-electron chi connectivity index (χ1n) is 7.17. The molecule has 22 heavy (non-hydrogen) atoms. The molecule has 0 spiro atoms. The largest absolute Gasteiger partial charge is 0.394 e. The van der Waals surface area contributed by atoms with Gasteiger partial charge in [0.05, 0.1) is 23.1 Å². The van der Waals surface area contributed by atoms with Gasteiger partial charge in [0.15, 0.2) is 0 Å². The van der Waals surface area contributed by atoms with Crippen molar-refractivity contribution in [2.45, 2.75) is 18.9 Å². The zero-order valence-corrected chi connectivity index (χ0v) is 12.2. The van der Waals surface area contributed by atoms with Crippen molar-refractivity contribution in [3.05, 3.63) is 44.7 Å². The quantitative estimate of drug-likeness (QED) is 0.646. The summed E-state index contributed by atoms with van der Waals surface area (Å²) < 4.78 is 1.45. The number of hydrogen-bond donors (Lipinski definition) is 2. The fourth-order valence-electron chi connectivity index (χ4n) is 2.69. The number of aryl methyl sites for hydroxylation is 1. The molecule has 0 amide bonds. The Morgan fingerprint density at radius 1 is 1.45 bits per heavy atom. The van der Waals surface area contributed by atoms with Crippen LogP contribution < -0.4 is 10.9 Å². The number of hydrogen-bond acceptors (Lipinski definition) is 5. The van der Waals surface area contributed by atoms with Gasteiger partial charge in [0, 0.05) is 36.3 Å². The molecule has 1 aliphatic carbocycles. The number of nitro benzene ring substituents is 1. The van der Waals surface area contributed by atoms with Crippen LogP contribution in [0.4, 0.5) is 11.4 Å². The maximum absolute atomic E-state index is 12.1. The molecule has 2 N–H and O–H groups in total. The van der Waals surface area contributed by atoms with Gasteiger partial charge < -0.3 is 15.0 Å². The molecule has 0 saturated heterocycles. The van der Waals surface area contributed by atoms with Gasteiger partial charge in [-0.2, -0.15) is 0 Å². The molecule has 2 aromatic rings. The second-order valence-corrected chi connectivity index (χ2v) is 5.68. The first kappa shape index (κ1) is 14.5. The van der Waals surface area contributed by atoms with Crippen molar-refractivity contribution in [1.82, 2.24) is 4.57 Å². The number of aliphatic hydroxyl groups excluding tert-OH is 1. The molecule has 7 heteroatoms. The molecule has 1 saturated carbocycles. The molecule has 1 aromatic carbocycles. The summed E-state index contributed by atoms with van der Waals surface area (Å²) in [4.78, 5) is 22.6. The third-order valence-electron chi connectivity index (χ3n) is 4.17. The molecule has 1 heterocycles. The van der Waals surface area contributed by atoms with Crippen LogP contribution >= 0.6 is 0 Å². The lowest BCUT2D eigenvalue weighted by atomic mass is 10.1. The van der Waals surface area contributed by atoms with Crippen molar-refractivity contribution in [2.75, 3.05) is 11.9 Å². The van der Waals surface area contributed by atoms with E-state index in [4.69, 9.17) is 0 Å². The number of pyridine rings is 1. The van der Waals surface area contributed by atoms with Crippen LogP contribution in [0, 0.1) is 16.0 Å². The Morgan fingerprint density at radius 3 is 2.77 bits per heavy atom. The van der Waals surface area contributed by atoms with Crippen molar-refractivity contribution in [3.8, 4) is 0 Å². The molecule has 0 bridgehead atoms. The van der Waals surface area contributed by atoms with E-state index in [1.54, 1.807) is 13.1 Å². The van der Waals surface area contributed by atoms with Gasteiger partial charge in [-0.05, 0) is 24.8 Å². The molecular weight excluding hydrogens is 286 g/mol. The number of aromatic nitrogens is 1. The third-order valence-corrected chi connectivity index (χ3v) is 4.17. The maximum atomic E-state index is 12.1. The second-order valence-electron chi connectivity index (χ2n) is 5.68.